The zero-order valence-electron chi connectivity index (χ0n) is 24.2. The van der Waals surface area contributed by atoms with E-state index in [1.807, 2.05) is 57.3 Å². The van der Waals surface area contributed by atoms with Crippen LogP contribution >= 0.6 is 0 Å². The summed E-state index contributed by atoms with van der Waals surface area (Å²) in [4.78, 5) is 25.5. The van der Waals surface area contributed by atoms with Gasteiger partial charge in [0.05, 0.1) is 29.9 Å². The average Bonchev–Trinajstić information content (AvgIpc) is 3.43. The Hall–Kier alpha value is -4.53. The number of fused-ring (bicyclic) bond motifs is 1. The van der Waals surface area contributed by atoms with Gasteiger partial charge >= 0.3 is 6.01 Å². The zero-order valence-corrected chi connectivity index (χ0v) is 24.2. The highest BCUT2D eigenvalue weighted by atomic mass is 16.5. The van der Waals surface area contributed by atoms with Crippen LogP contribution in [0.4, 0.5) is 0 Å². The van der Waals surface area contributed by atoms with E-state index in [1.165, 1.54) is 5.57 Å². The van der Waals surface area contributed by atoms with Crippen molar-refractivity contribution in [2.24, 2.45) is 22.4 Å². The van der Waals surface area contributed by atoms with Crippen molar-refractivity contribution < 1.29 is 9.53 Å². The van der Waals surface area contributed by atoms with Gasteiger partial charge in [0.15, 0.2) is 0 Å². The first-order chi connectivity index (χ1) is 19.2. The van der Waals surface area contributed by atoms with Crippen molar-refractivity contribution in [2.75, 3.05) is 6.61 Å². The number of amides is 1. The minimum absolute atomic E-state index is 0.267. The van der Waals surface area contributed by atoms with Gasteiger partial charge in [-0.2, -0.15) is 10.1 Å². The number of allylic oxidation sites excluding steroid dienone is 6. The fraction of sp³-hybridized carbons (Fsp3) is 0.323. The Morgan fingerprint density at radius 1 is 1.23 bits per heavy atom. The number of primary amides is 1. The molecule has 0 saturated heterocycles. The lowest BCUT2D eigenvalue weighted by molar-refractivity contribution is -0.120. The minimum Gasteiger partial charge on any atom is -0.463 e. The third-order valence-electron chi connectivity index (χ3n) is 6.78. The molecule has 1 aromatic carbocycles. The number of aromatic amines is 1. The summed E-state index contributed by atoms with van der Waals surface area (Å²) in [7, 11) is 0. The van der Waals surface area contributed by atoms with Crippen LogP contribution in [0.5, 0.6) is 6.01 Å². The Morgan fingerprint density at radius 3 is 2.70 bits per heavy atom. The molecule has 1 amide bonds. The van der Waals surface area contributed by atoms with Crippen molar-refractivity contribution >= 4 is 34.2 Å². The summed E-state index contributed by atoms with van der Waals surface area (Å²) in [6.07, 6.45) is 12.8. The molecule has 0 bridgehead atoms. The van der Waals surface area contributed by atoms with Crippen LogP contribution in [0.3, 0.4) is 0 Å². The molecule has 40 heavy (non-hydrogen) atoms. The summed E-state index contributed by atoms with van der Waals surface area (Å²) >= 11 is 0. The van der Waals surface area contributed by atoms with Crippen LogP contribution in [-0.2, 0) is 4.79 Å². The van der Waals surface area contributed by atoms with Gasteiger partial charge in [-0.05, 0) is 82.0 Å². The predicted molar refractivity (Wildman–Crippen MR) is 162 cm³/mol. The SMILES string of the molecule is C\C=C(CCOc1nccc(/C(C)=C/C(=C(/N)C(C)C(N)=O)c2c(C)ccc3[nH]ncc23)n1)/N=C/C=C(\C)CC. The molecule has 3 aromatic rings. The molecule has 0 radical (unpaired) electrons. The van der Waals surface area contributed by atoms with Crippen molar-refractivity contribution in [3.05, 3.63) is 82.6 Å². The number of aryl methyl sites for hydroxylation is 1. The first-order valence-corrected chi connectivity index (χ1v) is 13.4. The standard InChI is InChI=1S/C31H39N7O2/c1-7-19(3)11-14-34-23(8-2)13-16-40-31-35-15-12-26(37-31)21(5)17-24(29(32)22(6)30(33)39)28-20(4)9-10-27-25(28)18-36-38-27/h8-12,14-15,17-18,22H,7,13,16,32H2,1-6H3,(H2,33,39)(H,36,38)/b19-11+,21-17+,23-8-,29-24-,34-14+. The monoisotopic (exact) mass is 541 g/mol. The number of aliphatic imine (C=N–C) groups is 1. The Morgan fingerprint density at radius 2 is 2.00 bits per heavy atom. The number of benzene rings is 1. The molecule has 0 aliphatic heterocycles. The summed E-state index contributed by atoms with van der Waals surface area (Å²) in [6, 6.07) is 6.02. The van der Waals surface area contributed by atoms with Crippen LogP contribution in [0.2, 0.25) is 0 Å². The Kier molecular flexibility index (Phi) is 10.5. The topological polar surface area (TPSA) is 145 Å². The molecular formula is C31H39N7O2. The molecule has 0 spiro atoms. The molecule has 1 unspecified atom stereocenters. The number of carbonyl (C=O) groups excluding carboxylic acids is 1. The van der Waals surface area contributed by atoms with Gasteiger partial charge < -0.3 is 16.2 Å². The molecule has 2 aromatic heterocycles. The van der Waals surface area contributed by atoms with E-state index in [1.54, 1.807) is 25.4 Å². The van der Waals surface area contributed by atoms with Crippen LogP contribution in [-0.4, -0.2) is 38.9 Å². The molecule has 9 nitrogen and oxygen atoms in total. The lowest BCUT2D eigenvalue weighted by Gasteiger charge is -2.17. The molecule has 5 N–H and O–H groups in total. The first kappa shape index (κ1) is 30.0. The number of rotatable bonds is 12. The molecule has 210 valence electrons. The molecular weight excluding hydrogens is 502 g/mol. The van der Waals surface area contributed by atoms with E-state index in [4.69, 9.17) is 16.2 Å². The van der Waals surface area contributed by atoms with E-state index in [2.05, 4.69) is 39.0 Å². The highest BCUT2D eigenvalue weighted by molar-refractivity contribution is 5.99. The van der Waals surface area contributed by atoms with Crippen LogP contribution in [0.15, 0.2) is 70.8 Å². The third kappa shape index (κ3) is 7.53. The van der Waals surface area contributed by atoms with Crippen molar-refractivity contribution in [2.45, 2.75) is 54.4 Å². The van der Waals surface area contributed by atoms with Gasteiger partial charge in [-0.3, -0.25) is 14.9 Å². The van der Waals surface area contributed by atoms with Gasteiger partial charge in [0.25, 0.3) is 0 Å². The molecule has 2 heterocycles. The van der Waals surface area contributed by atoms with Crippen molar-refractivity contribution in [3.63, 3.8) is 0 Å². The molecule has 3 rings (SSSR count). The number of hydrogen-bond acceptors (Lipinski definition) is 7. The maximum absolute atomic E-state index is 12.1. The number of hydrogen-bond donors (Lipinski definition) is 3. The second-order valence-corrected chi connectivity index (χ2v) is 9.66. The number of nitrogens with one attached hydrogen (secondary N) is 1. The van der Waals surface area contributed by atoms with E-state index in [-0.39, 0.29) is 6.01 Å². The summed E-state index contributed by atoms with van der Waals surface area (Å²) in [6.45, 7) is 12.2. The average molecular weight is 542 g/mol. The summed E-state index contributed by atoms with van der Waals surface area (Å²) in [5.41, 5.74) is 19.7. The lowest BCUT2D eigenvalue weighted by atomic mass is 9.90. The summed E-state index contributed by atoms with van der Waals surface area (Å²) in [5, 5.41) is 8.09. The van der Waals surface area contributed by atoms with Gasteiger partial charge in [-0.25, -0.2) is 4.98 Å². The number of H-pyrrole nitrogens is 1. The highest BCUT2D eigenvalue weighted by Crippen LogP contribution is 2.33. The molecule has 0 fully saturated rings. The Balaban J connectivity index is 1.89. The van der Waals surface area contributed by atoms with Gasteiger partial charge in [0.2, 0.25) is 5.91 Å². The number of ether oxygens (including phenoxy) is 1. The highest BCUT2D eigenvalue weighted by Gasteiger charge is 2.20. The van der Waals surface area contributed by atoms with Crippen LogP contribution in [0.25, 0.3) is 22.0 Å². The summed E-state index contributed by atoms with van der Waals surface area (Å²) in [5.74, 6) is -1.17. The van der Waals surface area contributed by atoms with E-state index in [9.17, 15) is 4.79 Å². The van der Waals surface area contributed by atoms with Crippen molar-refractivity contribution in [3.8, 4) is 6.01 Å². The van der Waals surface area contributed by atoms with Gasteiger partial charge in [-0.15, -0.1) is 0 Å². The third-order valence-corrected chi connectivity index (χ3v) is 6.78. The number of carbonyl (C=O) groups is 1. The van der Waals surface area contributed by atoms with E-state index >= 15 is 0 Å². The van der Waals surface area contributed by atoms with Gasteiger partial charge in [-0.1, -0.05) is 24.6 Å². The second-order valence-electron chi connectivity index (χ2n) is 9.66. The largest absolute Gasteiger partial charge is 0.463 e. The fourth-order valence-electron chi connectivity index (χ4n) is 4.00. The number of aromatic nitrogens is 4. The maximum atomic E-state index is 12.1. The van der Waals surface area contributed by atoms with Crippen molar-refractivity contribution in [1.82, 2.24) is 20.2 Å². The molecule has 9 heteroatoms. The van der Waals surface area contributed by atoms with Crippen molar-refractivity contribution in [1.29, 1.82) is 0 Å². The van der Waals surface area contributed by atoms with Crippen LogP contribution in [0.1, 0.15) is 64.3 Å². The minimum atomic E-state index is -0.672. The molecule has 1 atom stereocenters. The fourth-order valence-corrected chi connectivity index (χ4v) is 4.00. The predicted octanol–water partition coefficient (Wildman–Crippen LogP) is 5.66. The van der Waals surface area contributed by atoms with E-state index in [0.29, 0.717) is 30.0 Å². The first-order valence-electron chi connectivity index (χ1n) is 13.4. The molecule has 0 aliphatic rings. The smallest absolute Gasteiger partial charge is 0.316 e. The van der Waals surface area contributed by atoms with Crippen LogP contribution < -0.4 is 16.2 Å². The molecule has 0 saturated carbocycles. The van der Waals surface area contributed by atoms with E-state index in [0.717, 1.165) is 39.7 Å². The number of nitrogens with zero attached hydrogens (tertiary/aromatic N) is 4. The van der Waals surface area contributed by atoms with E-state index < -0.39 is 11.8 Å². The summed E-state index contributed by atoms with van der Waals surface area (Å²) < 4.78 is 5.86. The second kappa shape index (κ2) is 14.0. The maximum Gasteiger partial charge on any atom is 0.316 e. The normalized spacial score (nSPS) is 14.5. The zero-order chi connectivity index (χ0) is 29.2. The van der Waals surface area contributed by atoms with Gasteiger partial charge in [0, 0.05) is 41.2 Å². The molecule has 0 aliphatic carbocycles. The Bertz CT molecular complexity index is 1510. The number of nitrogens with two attached hydrogens (primary N) is 2. The quantitative estimate of drug-likeness (QED) is 0.199. The van der Waals surface area contributed by atoms with Crippen LogP contribution in [0, 0.1) is 12.8 Å². The van der Waals surface area contributed by atoms with Gasteiger partial charge in [0.1, 0.15) is 0 Å². The lowest BCUT2D eigenvalue weighted by Crippen LogP contribution is -2.26. The Labute approximate surface area is 235 Å².